The Morgan fingerprint density at radius 3 is 2.74 bits per heavy atom. The first-order chi connectivity index (χ1) is 15.0. The highest BCUT2D eigenvalue weighted by Crippen LogP contribution is 2.66. The summed E-state index contributed by atoms with van der Waals surface area (Å²) >= 11 is 0. The van der Waals surface area contributed by atoms with E-state index in [9.17, 15) is 4.79 Å². The lowest BCUT2D eigenvalue weighted by molar-refractivity contribution is -0.122. The Hall–Kier alpha value is -1.90. The van der Waals surface area contributed by atoms with Crippen LogP contribution >= 0.6 is 0 Å². The van der Waals surface area contributed by atoms with Crippen LogP contribution in [0.3, 0.4) is 0 Å². The number of pyridine rings is 1. The van der Waals surface area contributed by atoms with Crippen molar-refractivity contribution < 1.29 is 4.79 Å². The van der Waals surface area contributed by atoms with Gasteiger partial charge in [0.1, 0.15) is 0 Å². The van der Waals surface area contributed by atoms with Gasteiger partial charge in [0.2, 0.25) is 5.91 Å². The van der Waals surface area contributed by atoms with Crippen molar-refractivity contribution in [3.63, 3.8) is 0 Å². The van der Waals surface area contributed by atoms with Crippen LogP contribution in [-0.4, -0.2) is 16.9 Å². The Labute approximate surface area is 187 Å². The molecular formula is C28H38N2O. The first-order valence-corrected chi connectivity index (χ1v) is 12.6. The molecule has 31 heavy (non-hydrogen) atoms. The molecule has 3 nitrogen and oxygen atoms in total. The summed E-state index contributed by atoms with van der Waals surface area (Å²) in [5.41, 5.74) is 5.13. The molecule has 1 aromatic heterocycles. The lowest BCUT2D eigenvalue weighted by Crippen LogP contribution is -2.51. The van der Waals surface area contributed by atoms with Crippen molar-refractivity contribution in [3.8, 4) is 0 Å². The molecule has 0 saturated heterocycles. The normalized spacial score (nSPS) is 38.9. The number of carbonyl (C=O) groups is 1. The summed E-state index contributed by atoms with van der Waals surface area (Å²) in [6, 6.07) is 4.66. The first kappa shape index (κ1) is 21.0. The van der Waals surface area contributed by atoms with Gasteiger partial charge in [0.05, 0.1) is 0 Å². The van der Waals surface area contributed by atoms with Crippen molar-refractivity contribution >= 4 is 11.5 Å². The smallest absolute Gasteiger partial charge is 0.220 e. The summed E-state index contributed by atoms with van der Waals surface area (Å²) in [6.07, 6.45) is 19.1. The quantitative estimate of drug-likeness (QED) is 0.581. The highest BCUT2D eigenvalue weighted by Gasteiger charge is 2.56. The predicted octanol–water partition coefficient (Wildman–Crippen LogP) is 6.32. The molecule has 0 spiro atoms. The Bertz CT molecular complexity index is 903. The minimum Gasteiger partial charge on any atom is -0.353 e. The van der Waals surface area contributed by atoms with Gasteiger partial charge in [-0.3, -0.25) is 9.78 Å². The van der Waals surface area contributed by atoms with Gasteiger partial charge in [-0.15, -0.1) is 0 Å². The van der Waals surface area contributed by atoms with Crippen molar-refractivity contribution in [2.75, 3.05) is 0 Å². The number of hydrogen-bond acceptors (Lipinski definition) is 2. The van der Waals surface area contributed by atoms with E-state index < -0.39 is 0 Å². The lowest BCUT2D eigenvalue weighted by Gasteiger charge is -2.58. The standard InChI is InChI=1S/C28H38N2O/c1-4-6-26(31)30-21-12-14-27(2)20(17-21)8-9-22-24-11-10-23(19-7-5-16-29-18-19)28(24,3)15-13-25(22)27/h5,7-8,10,16,18,21-22,24-25H,4,6,9,11-15,17H2,1-3H3,(H,30,31)/t21-,22?,24?,25?,27+,28-/m1/s1. The van der Waals surface area contributed by atoms with Gasteiger partial charge in [0.15, 0.2) is 0 Å². The van der Waals surface area contributed by atoms with Crippen LogP contribution in [-0.2, 0) is 4.79 Å². The van der Waals surface area contributed by atoms with Gasteiger partial charge in [0, 0.05) is 24.9 Å². The third-order valence-corrected chi connectivity index (χ3v) is 9.50. The van der Waals surface area contributed by atoms with Gasteiger partial charge in [0.25, 0.3) is 0 Å². The fraction of sp³-hybridized carbons (Fsp3) is 0.643. The number of carbonyl (C=O) groups excluding carboxylic acids is 1. The molecule has 4 aliphatic rings. The SMILES string of the molecule is CCCC(=O)N[C@@H]1CC[C@@]2(C)C(=CCC3C2CC[C@]2(C)C(c4cccnc4)=CCC32)C1. The van der Waals surface area contributed by atoms with E-state index in [0.29, 0.717) is 17.9 Å². The van der Waals surface area contributed by atoms with Crippen LogP contribution < -0.4 is 5.32 Å². The molecular weight excluding hydrogens is 380 g/mol. The number of nitrogens with zero attached hydrogens (tertiary/aromatic N) is 1. The Balaban J connectivity index is 1.35. The zero-order valence-electron chi connectivity index (χ0n) is 19.5. The highest BCUT2D eigenvalue weighted by molar-refractivity contribution is 5.76. The molecule has 2 fully saturated rings. The molecule has 1 N–H and O–H groups in total. The average Bonchev–Trinajstić information content (AvgIpc) is 3.12. The zero-order valence-corrected chi connectivity index (χ0v) is 19.5. The molecule has 3 heteroatoms. The molecule has 5 rings (SSSR count). The first-order valence-electron chi connectivity index (χ1n) is 12.6. The molecule has 0 radical (unpaired) electrons. The largest absolute Gasteiger partial charge is 0.353 e. The lowest BCUT2D eigenvalue weighted by atomic mass is 9.47. The summed E-state index contributed by atoms with van der Waals surface area (Å²) < 4.78 is 0. The summed E-state index contributed by atoms with van der Waals surface area (Å²) in [6.45, 7) is 7.16. The van der Waals surface area contributed by atoms with Crippen molar-refractivity contribution in [3.05, 3.63) is 47.8 Å². The second kappa shape index (κ2) is 7.90. The van der Waals surface area contributed by atoms with Crippen molar-refractivity contribution in [1.82, 2.24) is 10.3 Å². The monoisotopic (exact) mass is 418 g/mol. The third kappa shape index (κ3) is 3.39. The molecule has 0 aromatic carbocycles. The topological polar surface area (TPSA) is 42.0 Å². The Kier molecular flexibility index (Phi) is 5.35. The molecule has 0 aliphatic heterocycles. The van der Waals surface area contributed by atoms with Crippen LogP contribution in [0, 0.1) is 28.6 Å². The molecule has 166 valence electrons. The van der Waals surface area contributed by atoms with Crippen LogP contribution in [0.2, 0.25) is 0 Å². The summed E-state index contributed by atoms with van der Waals surface area (Å²) in [5, 5.41) is 3.32. The van der Waals surface area contributed by atoms with Crippen molar-refractivity contribution in [1.29, 1.82) is 0 Å². The molecule has 1 aromatic rings. The number of hydrogen-bond donors (Lipinski definition) is 1. The van der Waals surface area contributed by atoms with E-state index in [1.165, 1.54) is 37.7 Å². The van der Waals surface area contributed by atoms with Gasteiger partial charge >= 0.3 is 0 Å². The van der Waals surface area contributed by atoms with Crippen LogP contribution in [0.5, 0.6) is 0 Å². The second-order valence-corrected chi connectivity index (χ2v) is 11.1. The van der Waals surface area contributed by atoms with Gasteiger partial charge < -0.3 is 5.32 Å². The maximum Gasteiger partial charge on any atom is 0.220 e. The summed E-state index contributed by atoms with van der Waals surface area (Å²) in [4.78, 5) is 16.5. The second-order valence-electron chi connectivity index (χ2n) is 11.1. The Morgan fingerprint density at radius 1 is 1.13 bits per heavy atom. The van der Waals surface area contributed by atoms with Crippen molar-refractivity contribution in [2.24, 2.45) is 28.6 Å². The predicted molar refractivity (Wildman–Crippen MR) is 126 cm³/mol. The van der Waals surface area contributed by atoms with Crippen LogP contribution in [0.25, 0.3) is 5.57 Å². The molecule has 0 bridgehead atoms. The number of fused-ring (bicyclic) bond motifs is 5. The minimum absolute atomic E-state index is 0.235. The summed E-state index contributed by atoms with van der Waals surface area (Å²) in [7, 11) is 0. The van der Waals surface area contributed by atoms with Crippen LogP contribution in [0.1, 0.15) is 84.1 Å². The van der Waals surface area contributed by atoms with Crippen LogP contribution in [0.15, 0.2) is 42.3 Å². The summed E-state index contributed by atoms with van der Waals surface area (Å²) in [5.74, 6) is 2.56. The third-order valence-electron chi connectivity index (χ3n) is 9.50. The average molecular weight is 419 g/mol. The van der Waals surface area contributed by atoms with E-state index in [1.54, 1.807) is 11.1 Å². The van der Waals surface area contributed by atoms with E-state index in [1.807, 2.05) is 6.20 Å². The van der Waals surface area contributed by atoms with E-state index >= 15 is 0 Å². The number of nitrogens with one attached hydrogen (secondary N) is 1. The maximum atomic E-state index is 12.1. The van der Waals surface area contributed by atoms with E-state index in [-0.39, 0.29) is 11.3 Å². The molecule has 1 heterocycles. The minimum atomic E-state index is 0.235. The zero-order chi connectivity index (χ0) is 21.6. The number of rotatable bonds is 4. The number of aromatic nitrogens is 1. The van der Waals surface area contributed by atoms with Gasteiger partial charge in [-0.05, 0) is 97.2 Å². The fourth-order valence-electron chi connectivity index (χ4n) is 7.85. The van der Waals surface area contributed by atoms with E-state index in [0.717, 1.165) is 37.0 Å². The van der Waals surface area contributed by atoms with E-state index in [4.69, 9.17) is 0 Å². The highest BCUT2D eigenvalue weighted by atomic mass is 16.1. The fourth-order valence-corrected chi connectivity index (χ4v) is 7.85. The number of amides is 1. The van der Waals surface area contributed by atoms with E-state index in [2.05, 4.69) is 61.6 Å². The van der Waals surface area contributed by atoms with Gasteiger partial charge in [-0.1, -0.05) is 44.6 Å². The molecule has 4 aliphatic carbocycles. The molecule has 2 saturated carbocycles. The van der Waals surface area contributed by atoms with Crippen molar-refractivity contribution in [2.45, 2.75) is 84.6 Å². The molecule has 1 amide bonds. The maximum absolute atomic E-state index is 12.1. The number of allylic oxidation sites excluding steroid dienone is 3. The molecule has 6 atom stereocenters. The Morgan fingerprint density at radius 2 is 1.97 bits per heavy atom. The van der Waals surface area contributed by atoms with Gasteiger partial charge in [-0.2, -0.15) is 0 Å². The molecule has 3 unspecified atom stereocenters. The van der Waals surface area contributed by atoms with Crippen LogP contribution in [0.4, 0.5) is 0 Å². The van der Waals surface area contributed by atoms with Gasteiger partial charge in [-0.25, -0.2) is 0 Å².